The molecule has 1 aromatic heterocycles. The summed E-state index contributed by atoms with van der Waals surface area (Å²) in [5.41, 5.74) is 2.70. The molecule has 0 saturated heterocycles. The van der Waals surface area contributed by atoms with Gasteiger partial charge in [-0.3, -0.25) is 9.59 Å². The van der Waals surface area contributed by atoms with Gasteiger partial charge < -0.3 is 15.2 Å². The maximum Gasteiger partial charge on any atom is 0.313 e. The van der Waals surface area contributed by atoms with E-state index < -0.39 is 11.8 Å². The summed E-state index contributed by atoms with van der Waals surface area (Å²) in [7, 11) is 0. The van der Waals surface area contributed by atoms with Gasteiger partial charge in [-0.05, 0) is 37.5 Å². The van der Waals surface area contributed by atoms with E-state index in [0.717, 1.165) is 24.1 Å². The van der Waals surface area contributed by atoms with Gasteiger partial charge in [-0.2, -0.15) is 0 Å². The zero-order chi connectivity index (χ0) is 15.9. The van der Waals surface area contributed by atoms with Crippen LogP contribution in [0, 0.1) is 13.8 Å². The van der Waals surface area contributed by atoms with Gasteiger partial charge in [-0.15, -0.1) is 0 Å². The number of imidazole rings is 1. The lowest BCUT2D eigenvalue weighted by Gasteiger charge is -2.10. The lowest BCUT2D eigenvalue weighted by Crippen LogP contribution is -2.36. The van der Waals surface area contributed by atoms with E-state index in [1.54, 1.807) is 18.6 Å². The fraction of sp³-hybridized carbons (Fsp3) is 0.312. The Bertz CT molecular complexity index is 650. The molecule has 0 atom stereocenters. The summed E-state index contributed by atoms with van der Waals surface area (Å²) >= 11 is 0. The molecule has 2 amide bonds. The number of anilines is 1. The molecule has 2 N–H and O–H groups in total. The number of nitrogens with one attached hydrogen (secondary N) is 2. The van der Waals surface area contributed by atoms with Gasteiger partial charge in [-0.25, -0.2) is 4.98 Å². The molecule has 2 rings (SSSR count). The molecule has 116 valence electrons. The Balaban J connectivity index is 1.77. The first kappa shape index (κ1) is 15.8. The lowest BCUT2D eigenvalue weighted by molar-refractivity contribution is -0.136. The number of carbonyl (C=O) groups excluding carboxylic acids is 2. The summed E-state index contributed by atoms with van der Waals surface area (Å²) < 4.78 is 1.92. The van der Waals surface area contributed by atoms with Gasteiger partial charge in [0.1, 0.15) is 0 Å². The van der Waals surface area contributed by atoms with Crippen molar-refractivity contribution < 1.29 is 9.59 Å². The number of aromatic nitrogens is 2. The third-order valence-electron chi connectivity index (χ3n) is 3.50. The van der Waals surface area contributed by atoms with Gasteiger partial charge >= 0.3 is 11.8 Å². The fourth-order valence-corrected chi connectivity index (χ4v) is 2.03. The van der Waals surface area contributed by atoms with Crippen LogP contribution in [-0.2, 0) is 16.1 Å². The van der Waals surface area contributed by atoms with E-state index in [4.69, 9.17) is 0 Å². The van der Waals surface area contributed by atoms with E-state index in [2.05, 4.69) is 15.6 Å². The number of nitrogens with zero attached hydrogens (tertiary/aromatic N) is 2. The first-order valence-corrected chi connectivity index (χ1v) is 7.19. The molecule has 22 heavy (non-hydrogen) atoms. The number of amides is 2. The van der Waals surface area contributed by atoms with Gasteiger partial charge in [-0.1, -0.05) is 12.1 Å². The van der Waals surface area contributed by atoms with Gasteiger partial charge in [0.2, 0.25) is 0 Å². The average Bonchev–Trinajstić information content (AvgIpc) is 3.01. The van der Waals surface area contributed by atoms with Crippen LogP contribution in [0.25, 0.3) is 0 Å². The minimum absolute atomic E-state index is 0.442. The Kier molecular flexibility index (Phi) is 5.30. The second-order valence-corrected chi connectivity index (χ2v) is 5.11. The third kappa shape index (κ3) is 4.18. The maximum absolute atomic E-state index is 11.9. The van der Waals surface area contributed by atoms with Gasteiger partial charge in [0.15, 0.2) is 0 Å². The van der Waals surface area contributed by atoms with Crippen LogP contribution in [0.15, 0.2) is 36.9 Å². The normalized spacial score (nSPS) is 10.3. The summed E-state index contributed by atoms with van der Waals surface area (Å²) in [6, 6.07) is 5.59. The van der Waals surface area contributed by atoms with Crippen LogP contribution in [-0.4, -0.2) is 27.9 Å². The van der Waals surface area contributed by atoms with E-state index in [-0.39, 0.29) is 0 Å². The van der Waals surface area contributed by atoms with Crippen molar-refractivity contribution in [2.45, 2.75) is 26.8 Å². The van der Waals surface area contributed by atoms with Crippen molar-refractivity contribution in [1.82, 2.24) is 14.9 Å². The number of benzene rings is 1. The third-order valence-corrected chi connectivity index (χ3v) is 3.50. The SMILES string of the molecule is Cc1cccc(NC(=O)C(=O)NCCCn2ccnc2)c1C. The van der Waals surface area contributed by atoms with Crippen LogP contribution >= 0.6 is 0 Å². The van der Waals surface area contributed by atoms with E-state index >= 15 is 0 Å². The minimum atomic E-state index is -0.642. The van der Waals surface area contributed by atoms with Crippen molar-refractivity contribution in [2.24, 2.45) is 0 Å². The molecule has 0 aliphatic rings. The maximum atomic E-state index is 11.9. The fourth-order valence-electron chi connectivity index (χ4n) is 2.03. The van der Waals surface area contributed by atoms with Gasteiger partial charge in [0.05, 0.1) is 6.33 Å². The second-order valence-electron chi connectivity index (χ2n) is 5.11. The molecule has 6 nitrogen and oxygen atoms in total. The highest BCUT2D eigenvalue weighted by Gasteiger charge is 2.14. The molecular formula is C16H20N4O2. The van der Waals surface area contributed by atoms with Crippen LogP contribution < -0.4 is 10.6 Å². The Labute approximate surface area is 129 Å². The number of hydrogen-bond acceptors (Lipinski definition) is 3. The standard InChI is InChI=1S/C16H20N4O2/c1-12-5-3-6-14(13(12)2)19-16(22)15(21)18-7-4-9-20-10-8-17-11-20/h3,5-6,8,10-11H,4,7,9H2,1-2H3,(H,18,21)(H,19,22). The smallest absolute Gasteiger partial charge is 0.313 e. The predicted molar refractivity (Wildman–Crippen MR) is 84.4 cm³/mol. The molecule has 1 aromatic carbocycles. The Morgan fingerprint density at radius 3 is 2.77 bits per heavy atom. The molecule has 0 bridgehead atoms. The van der Waals surface area contributed by atoms with Gasteiger partial charge in [0.25, 0.3) is 0 Å². The minimum Gasteiger partial charge on any atom is -0.348 e. The highest BCUT2D eigenvalue weighted by molar-refractivity contribution is 6.39. The van der Waals surface area contributed by atoms with Crippen LogP contribution in [0.1, 0.15) is 17.5 Å². The molecule has 0 spiro atoms. The van der Waals surface area contributed by atoms with Crippen LogP contribution in [0.3, 0.4) is 0 Å². The Hall–Kier alpha value is -2.63. The number of carbonyl (C=O) groups is 2. The van der Waals surface area contributed by atoms with Crippen LogP contribution in [0.4, 0.5) is 5.69 Å². The molecular weight excluding hydrogens is 280 g/mol. The molecule has 0 fully saturated rings. The first-order valence-electron chi connectivity index (χ1n) is 7.19. The van der Waals surface area contributed by atoms with E-state index in [0.29, 0.717) is 12.2 Å². The zero-order valence-corrected chi connectivity index (χ0v) is 12.8. The number of hydrogen-bond donors (Lipinski definition) is 2. The average molecular weight is 300 g/mol. The summed E-state index contributed by atoms with van der Waals surface area (Å²) in [6.45, 7) is 5.06. The van der Waals surface area contributed by atoms with Crippen molar-refractivity contribution in [3.63, 3.8) is 0 Å². The molecule has 0 unspecified atom stereocenters. The topological polar surface area (TPSA) is 76.0 Å². The monoisotopic (exact) mass is 300 g/mol. The molecule has 0 aliphatic heterocycles. The van der Waals surface area contributed by atoms with Crippen molar-refractivity contribution in [3.8, 4) is 0 Å². The largest absolute Gasteiger partial charge is 0.348 e. The van der Waals surface area contributed by atoms with Crippen LogP contribution in [0.2, 0.25) is 0 Å². The molecule has 2 aromatic rings. The van der Waals surface area contributed by atoms with Crippen LogP contribution in [0.5, 0.6) is 0 Å². The Morgan fingerprint density at radius 1 is 1.23 bits per heavy atom. The zero-order valence-electron chi connectivity index (χ0n) is 12.8. The molecule has 0 saturated carbocycles. The number of aryl methyl sites for hydroxylation is 2. The van der Waals surface area contributed by atoms with Crippen molar-refractivity contribution in [1.29, 1.82) is 0 Å². The van der Waals surface area contributed by atoms with E-state index in [9.17, 15) is 9.59 Å². The molecule has 0 radical (unpaired) electrons. The molecule has 0 aliphatic carbocycles. The van der Waals surface area contributed by atoms with E-state index in [1.807, 2.05) is 36.7 Å². The predicted octanol–water partition coefficient (Wildman–Crippen LogP) is 1.64. The van der Waals surface area contributed by atoms with Crippen molar-refractivity contribution in [2.75, 3.05) is 11.9 Å². The Morgan fingerprint density at radius 2 is 2.05 bits per heavy atom. The second kappa shape index (κ2) is 7.40. The van der Waals surface area contributed by atoms with Crippen molar-refractivity contribution >= 4 is 17.5 Å². The first-order chi connectivity index (χ1) is 10.6. The lowest BCUT2D eigenvalue weighted by atomic mass is 10.1. The quantitative estimate of drug-likeness (QED) is 0.651. The summed E-state index contributed by atoms with van der Waals surface area (Å²) in [5.74, 6) is -1.26. The highest BCUT2D eigenvalue weighted by atomic mass is 16.2. The summed E-state index contributed by atoms with van der Waals surface area (Å²) in [4.78, 5) is 27.6. The molecule has 1 heterocycles. The number of rotatable bonds is 5. The summed E-state index contributed by atoms with van der Waals surface area (Å²) in [6.07, 6.45) is 6.01. The summed E-state index contributed by atoms with van der Waals surface area (Å²) in [5, 5.41) is 5.25. The van der Waals surface area contributed by atoms with Gasteiger partial charge in [0, 0.05) is 31.2 Å². The molecule has 6 heteroatoms. The van der Waals surface area contributed by atoms with E-state index in [1.165, 1.54) is 0 Å². The van der Waals surface area contributed by atoms with Crippen molar-refractivity contribution in [3.05, 3.63) is 48.0 Å². The highest BCUT2D eigenvalue weighted by Crippen LogP contribution is 2.17.